The van der Waals surface area contributed by atoms with Crippen molar-refractivity contribution in [2.45, 2.75) is 39.2 Å². The Morgan fingerprint density at radius 1 is 0.960 bits per heavy atom. The molecule has 2 amide bonds. The normalized spacial score (nSPS) is 24.0. The van der Waals surface area contributed by atoms with Gasteiger partial charge in [-0.05, 0) is 37.2 Å². The van der Waals surface area contributed by atoms with Crippen LogP contribution < -0.4 is 0 Å². The van der Waals surface area contributed by atoms with Crippen molar-refractivity contribution < 1.29 is 14.3 Å². The van der Waals surface area contributed by atoms with Gasteiger partial charge in [-0.15, -0.1) is 0 Å². The number of hydrogen-bond donors (Lipinski definition) is 0. The van der Waals surface area contributed by atoms with E-state index < -0.39 is 0 Å². The summed E-state index contributed by atoms with van der Waals surface area (Å²) in [6, 6.07) is 9.68. The fourth-order valence-corrected chi connectivity index (χ4v) is 3.69. The van der Waals surface area contributed by atoms with Gasteiger partial charge in [0.15, 0.2) is 0 Å². The molecular weight excluding hydrogens is 316 g/mol. The molecule has 1 aliphatic heterocycles. The Kier molecular flexibility index (Phi) is 5.95. The van der Waals surface area contributed by atoms with Crippen molar-refractivity contribution in [2.75, 3.05) is 26.2 Å². The highest BCUT2D eigenvalue weighted by Gasteiger charge is 2.31. The Morgan fingerprint density at radius 2 is 1.56 bits per heavy atom. The van der Waals surface area contributed by atoms with Gasteiger partial charge in [-0.3, -0.25) is 4.79 Å². The molecule has 5 heteroatoms. The fourth-order valence-electron chi connectivity index (χ4n) is 3.69. The lowest BCUT2D eigenvalue weighted by Gasteiger charge is -2.37. The van der Waals surface area contributed by atoms with Crippen molar-refractivity contribution in [3.8, 4) is 0 Å². The zero-order valence-electron chi connectivity index (χ0n) is 15.0. The average Bonchev–Trinajstić information content (AvgIpc) is 2.67. The first-order valence-corrected chi connectivity index (χ1v) is 9.38. The second-order valence-corrected chi connectivity index (χ2v) is 7.31. The van der Waals surface area contributed by atoms with Crippen LogP contribution in [0.5, 0.6) is 0 Å². The molecule has 3 rings (SSSR count). The van der Waals surface area contributed by atoms with Gasteiger partial charge < -0.3 is 14.5 Å². The summed E-state index contributed by atoms with van der Waals surface area (Å²) in [4.78, 5) is 28.5. The molecule has 2 aliphatic rings. The van der Waals surface area contributed by atoms with Crippen molar-refractivity contribution in [1.29, 1.82) is 0 Å². The lowest BCUT2D eigenvalue weighted by Crippen LogP contribution is -2.52. The molecule has 1 aliphatic carbocycles. The highest BCUT2D eigenvalue weighted by molar-refractivity contribution is 5.79. The summed E-state index contributed by atoms with van der Waals surface area (Å²) in [5.41, 5.74) is 0.983. The van der Waals surface area contributed by atoms with E-state index in [1.807, 2.05) is 35.2 Å². The van der Waals surface area contributed by atoms with Crippen LogP contribution in [0.4, 0.5) is 4.79 Å². The second kappa shape index (κ2) is 8.37. The zero-order chi connectivity index (χ0) is 17.6. The number of benzene rings is 1. The van der Waals surface area contributed by atoms with Gasteiger partial charge in [0.25, 0.3) is 0 Å². The van der Waals surface area contributed by atoms with Crippen LogP contribution in [0.15, 0.2) is 30.3 Å². The summed E-state index contributed by atoms with van der Waals surface area (Å²) in [5, 5.41) is 0. The van der Waals surface area contributed by atoms with E-state index in [0.717, 1.165) is 37.2 Å². The third-order valence-corrected chi connectivity index (χ3v) is 5.42. The zero-order valence-corrected chi connectivity index (χ0v) is 15.0. The average molecular weight is 344 g/mol. The Labute approximate surface area is 149 Å². The summed E-state index contributed by atoms with van der Waals surface area (Å²) in [6.07, 6.45) is 4.05. The summed E-state index contributed by atoms with van der Waals surface area (Å²) in [5.74, 6) is 1.22. The van der Waals surface area contributed by atoms with Crippen molar-refractivity contribution in [1.82, 2.24) is 9.80 Å². The standard InChI is InChI=1S/C20H28N2O3/c1-16-7-9-18(10-8-16)19(23)21-11-13-22(14-12-21)20(24)25-15-17-5-3-2-4-6-17/h2-6,16,18H,7-15H2,1H3. The molecule has 1 aromatic carbocycles. The van der Waals surface area contributed by atoms with Gasteiger partial charge in [0, 0.05) is 32.1 Å². The highest BCUT2D eigenvalue weighted by atomic mass is 16.6. The van der Waals surface area contributed by atoms with Gasteiger partial charge in [-0.2, -0.15) is 0 Å². The third-order valence-electron chi connectivity index (χ3n) is 5.42. The second-order valence-electron chi connectivity index (χ2n) is 7.31. The lowest BCUT2D eigenvalue weighted by atomic mass is 9.82. The molecule has 136 valence electrons. The van der Waals surface area contributed by atoms with Crippen LogP contribution in [0.3, 0.4) is 0 Å². The number of carbonyl (C=O) groups is 2. The smallest absolute Gasteiger partial charge is 0.410 e. The molecule has 0 aromatic heterocycles. The number of amides is 2. The van der Waals surface area contributed by atoms with Crippen LogP contribution >= 0.6 is 0 Å². The van der Waals surface area contributed by atoms with E-state index in [4.69, 9.17) is 4.74 Å². The van der Waals surface area contributed by atoms with E-state index in [1.54, 1.807) is 4.90 Å². The molecule has 0 radical (unpaired) electrons. The number of rotatable bonds is 3. The first-order valence-electron chi connectivity index (χ1n) is 9.38. The van der Waals surface area contributed by atoms with Gasteiger partial charge in [0.05, 0.1) is 0 Å². The quantitative estimate of drug-likeness (QED) is 0.845. The van der Waals surface area contributed by atoms with Crippen LogP contribution in [0, 0.1) is 11.8 Å². The Balaban J connectivity index is 1.42. The molecule has 25 heavy (non-hydrogen) atoms. The van der Waals surface area contributed by atoms with Crippen LogP contribution in [0.1, 0.15) is 38.2 Å². The molecule has 0 unspecified atom stereocenters. The Morgan fingerprint density at radius 3 is 2.20 bits per heavy atom. The van der Waals surface area contributed by atoms with Crippen molar-refractivity contribution in [3.63, 3.8) is 0 Å². The summed E-state index contributed by atoms with van der Waals surface area (Å²) in [7, 11) is 0. The monoisotopic (exact) mass is 344 g/mol. The number of hydrogen-bond acceptors (Lipinski definition) is 3. The van der Waals surface area contributed by atoms with Gasteiger partial charge in [0.2, 0.25) is 5.91 Å². The minimum absolute atomic E-state index is 0.188. The lowest BCUT2D eigenvalue weighted by molar-refractivity contribution is -0.138. The molecular formula is C20H28N2O3. The van der Waals surface area contributed by atoms with E-state index in [9.17, 15) is 9.59 Å². The van der Waals surface area contributed by atoms with Gasteiger partial charge in [-0.25, -0.2) is 4.79 Å². The molecule has 1 aromatic rings. The van der Waals surface area contributed by atoms with Crippen LogP contribution in [0.2, 0.25) is 0 Å². The molecule has 1 saturated heterocycles. The highest BCUT2D eigenvalue weighted by Crippen LogP contribution is 2.29. The summed E-state index contributed by atoms with van der Waals surface area (Å²) >= 11 is 0. The number of piperazine rings is 1. The van der Waals surface area contributed by atoms with Crippen LogP contribution in [-0.2, 0) is 16.1 Å². The largest absolute Gasteiger partial charge is 0.445 e. The van der Waals surface area contributed by atoms with Crippen LogP contribution in [0.25, 0.3) is 0 Å². The molecule has 1 saturated carbocycles. The molecule has 0 N–H and O–H groups in total. The Hall–Kier alpha value is -2.04. The molecule has 1 heterocycles. The SMILES string of the molecule is CC1CCC(C(=O)N2CCN(C(=O)OCc3ccccc3)CC2)CC1. The van der Waals surface area contributed by atoms with E-state index in [2.05, 4.69) is 6.92 Å². The molecule has 5 nitrogen and oxygen atoms in total. The van der Waals surface area contributed by atoms with E-state index in [0.29, 0.717) is 32.8 Å². The minimum Gasteiger partial charge on any atom is -0.445 e. The van der Waals surface area contributed by atoms with Crippen molar-refractivity contribution >= 4 is 12.0 Å². The van der Waals surface area contributed by atoms with Crippen LogP contribution in [-0.4, -0.2) is 48.0 Å². The first-order chi connectivity index (χ1) is 12.1. The number of ether oxygens (including phenoxy) is 1. The number of carbonyl (C=O) groups excluding carboxylic acids is 2. The molecule has 2 fully saturated rings. The maximum absolute atomic E-state index is 12.6. The summed E-state index contributed by atoms with van der Waals surface area (Å²) < 4.78 is 5.37. The molecule has 0 bridgehead atoms. The topological polar surface area (TPSA) is 49.9 Å². The maximum Gasteiger partial charge on any atom is 0.410 e. The van der Waals surface area contributed by atoms with E-state index in [1.165, 1.54) is 0 Å². The third kappa shape index (κ3) is 4.74. The summed E-state index contributed by atoms with van der Waals surface area (Å²) in [6.45, 7) is 4.90. The molecule has 0 atom stereocenters. The first kappa shape index (κ1) is 17.8. The van der Waals surface area contributed by atoms with E-state index in [-0.39, 0.29) is 17.9 Å². The van der Waals surface area contributed by atoms with Gasteiger partial charge >= 0.3 is 6.09 Å². The Bertz CT molecular complexity index is 574. The van der Waals surface area contributed by atoms with Crippen molar-refractivity contribution in [2.24, 2.45) is 11.8 Å². The van der Waals surface area contributed by atoms with Gasteiger partial charge in [-0.1, -0.05) is 37.3 Å². The van der Waals surface area contributed by atoms with E-state index >= 15 is 0 Å². The predicted molar refractivity (Wildman–Crippen MR) is 95.9 cm³/mol. The number of nitrogens with zero attached hydrogens (tertiary/aromatic N) is 2. The predicted octanol–water partition coefficient (Wildman–Crippen LogP) is 3.29. The van der Waals surface area contributed by atoms with Crippen molar-refractivity contribution in [3.05, 3.63) is 35.9 Å². The van der Waals surface area contributed by atoms with Gasteiger partial charge in [0.1, 0.15) is 6.61 Å². The fraction of sp³-hybridized carbons (Fsp3) is 0.600. The minimum atomic E-state index is -0.289. The molecule has 0 spiro atoms. The maximum atomic E-state index is 12.6.